The monoisotopic (exact) mass is 418 g/mol. The summed E-state index contributed by atoms with van der Waals surface area (Å²) in [6.45, 7) is -1.71. The fraction of sp³-hybridized carbons (Fsp3) is 0.158. The average Bonchev–Trinajstić information content (AvgIpc) is 3.33. The van der Waals surface area contributed by atoms with Gasteiger partial charge in [-0.15, -0.1) is 0 Å². The highest BCUT2D eigenvalue weighted by Gasteiger charge is 2.30. The van der Waals surface area contributed by atoms with Crippen LogP contribution in [0.1, 0.15) is 26.5 Å². The molecule has 11 heteroatoms. The highest BCUT2D eigenvalue weighted by molar-refractivity contribution is 6.02. The Kier molecular flexibility index (Phi) is 4.86. The van der Waals surface area contributed by atoms with E-state index >= 15 is 0 Å². The van der Waals surface area contributed by atoms with E-state index in [0.717, 1.165) is 0 Å². The fourth-order valence-corrected chi connectivity index (χ4v) is 2.84. The number of amides is 1. The van der Waals surface area contributed by atoms with E-state index < -0.39 is 24.7 Å². The van der Waals surface area contributed by atoms with Crippen LogP contribution in [0.25, 0.3) is 16.6 Å². The number of benzene rings is 1. The van der Waals surface area contributed by atoms with Crippen LogP contribution in [0.4, 0.5) is 13.2 Å². The van der Waals surface area contributed by atoms with Crippen LogP contribution in [0.2, 0.25) is 0 Å². The van der Waals surface area contributed by atoms with Gasteiger partial charge in [0.25, 0.3) is 5.91 Å². The zero-order valence-electron chi connectivity index (χ0n) is 15.1. The minimum Gasteiger partial charge on any atom is -0.458 e. The molecule has 0 aliphatic carbocycles. The Labute approximate surface area is 166 Å². The second-order valence-electron chi connectivity index (χ2n) is 6.26. The molecule has 1 amide bonds. The van der Waals surface area contributed by atoms with Crippen LogP contribution in [-0.4, -0.2) is 39.3 Å². The summed E-state index contributed by atoms with van der Waals surface area (Å²) in [5, 5.41) is 7.18. The van der Waals surface area contributed by atoms with Gasteiger partial charge in [0.05, 0.1) is 12.7 Å². The van der Waals surface area contributed by atoms with Crippen molar-refractivity contribution in [3.8, 4) is 0 Å². The topological polar surface area (TPSA) is 98.7 Å². The van der Waals surface area contributed by atoms with E-state index in [4.69, 9.17) is 4.42 Å². The van der Waals surface area contributed by atoms with Crippen molar-refractivity contribution in [1.82, 2.24) is 19.9 Å². The maximum atomic E-state index is 12.4. The second kappa shape index (κ2) is 7.50. The molecule has 0 radical (unpaired) electrons. The van der Waals surface area contributed by atoms with Gasteiger partial charge in [-0.05, 0) is 18.2 Å². The highest BCUT2D eigenvalue weighted by Crippen LogP contribution is 2.25. The van der Waals surface area contributed by atoms with Gasteiger partial charge in [0.1, 0.15) is 22.5 Å². The number of esters is 1. The van der Waals surface area contributed by atoms with E-state index in [0.29, 0.717) is 16.8 Å². The number of nitrogens with one attached hydrogen (secondary N) is 1. The van der Waals surface area contributed by atoms with Crippen molar-refractivity contribution < 1.29 is 31.9 Å². The minimum absolute atomic E-state index is 0.0191. The first kappa shape index (κ1) is 19.4. The van der Waals surface area contributed by atoms with Crippen LogP contribution >= 0.6 is 0 Å². The number of alkyl halides is 3. The number of rotatable bonds is 5. The van der Waals surface area contributed by atoms with Gasteiger partial charge in [-0.3, -0.25) is 4.79 Å². The standard InChI is InChI=1S/C19H13F3N4O4/c20-19(21,22)10-29-18(28)13-4-1-3-11-7-12(30-15(11)13)8-24-17(27)14-9-25-26-6-2-5-23-16(14)26/h1-7,9H,8,10H2,(H,24,27). The van der Waals surface area contributed by atoms with Crippen LogP contribution in [-0.2, 0) is 11.3 Å². The predicted molar refractivity (Wildman–Crippen MR) is 96.7 cm³/mol. The van der Waals surface area contributed by atoms with Crippen LogP contribution in [0, 0.1) is 0 Å². The lowest BCUT2D eigenvalue weighted by molar-refractivity contribution is -0.161. The Morgan fingerprint density at radius 3 is 2.83 bits per heavy atom. The largest absolute Gasteiger partial charge is 0.458 e. The Bertz CT molecular complexity index is 1250. The molecule has 0 aliphatic rings. The molecule has 0 bridgehead atoms. The fourth-order valence-electron chi connectivity index (χ4n) is 2.84. The Hall–Kier alpha value is -3.89. The van der Waals surface area contributed by atoms with E-state index in [9.17, 15) is 22.8 Å². The molecule has 154 valence electrons. The van der Waals surface area contributed by atoms with Gasteiger partial charge < -0.3 is 14.5 Å². The van der Waals surface area contributed by atoms with Crippen molar-refractivity contribution in [2.24, 2.45) is 0 Å². The third-order valence-electron chi connectivity index (χ3n) is 4.13. The quantitative estimate of drug-likeness (QED) is 0.500. The van der Waals surface area contributed by atoms with Crippen molar-refractivity contribution >= 4 is 28.5 Å². The van der Waals surface area contributed by atoms with Crippen LogP contribution in [0.5, 0.6) is 0 Å². The number of aromatic nitrogens is 3. The predicted octanol–water partition coefficient (Wildman–Crippen LogP) is 3.12. The number of carbonyl (C=O) groups is 2. The summed E-state index contributed by atoms with van der Waals surface area (Å²) in [6.07, 6.45) is -0.0651. The number of halogens is 3. The first-order valence-corrected chi connectivity index (χ1v) is 8.64. The Morgan fingerprint density at radius 2 is 2.03 bits per heavy atom. The summed E-state index contributed by atoms with van der Waals surface area (Å²) < 4.78 is 48.2. The number of carbonyl (C=O) groups excluding carboxylic acids is 2. The molecular weight excluding hydrogens is 405 g/mol. The average molecular weight is 418 g/mol. The minimum atomic E-state index is -4.63. The molecule has 0 atom stereocenters. The molecule has 0 saturated carbocycles. The van der Waals surface area contributed by atoms with Crippen LogP contribution in [0.3, 0.4) is 0 Å². The number of fused-ring (bicyclic) bond motifs is 2. The Morgan fingerprint density at radius 1 is 1.20 bits per heavy atom. The molecule has 8 nitrogen and oxygen atoms in total. The number of nitrogens with zero attached hydrogens (tertiary/aromatic N) is 3. The summed E-state index contributed by atoms with van der Waals surface area (Å²) in [6, 6.07) is 7.67. The molecule has 4 aromatic rings. The lowest BCUT2D eigenvalue weighted by Crippen LogP contribution is -2.22. The summed E-state index contributed by atoms with van der Waals surface area (Å²) in [4.78, 5) is 28.5. The number of hydrogen-bond donors (Lipinski definition) is 1. The smallest absolute Gasteiger partial charge is 0.422 e. The summed E-state index contributed by atoms with van der Waals surface area (Å²) >= 11 is 0. The molecule has 1 N–H and O–H groups in total. The van der Waals surface area contributed by atoms with E-state index in [1.807, 2.05) is 0 Å². The maximum absolute atomic E-state index is 12.4. The second-order valence-corrected chi connectivity index (χ2v) is 6.26. The normalized spacial score (nSPS) is 11.7. The molecule has 3 heterocycles. The van der Waals surface area contributed by atoms with Gasteiger partial charge in [-0.1, -0.05) is 12.1 Å². The molecule has 0 unspecified atom stereocenters. The molecule has 30 heavy (non-hydrogen) atoms. The third-order valence-corrected chi connectivity index (χ3v) is 4.13. The summed E-state index contributed by atoms with van der Waals surface area (Å²) in [7, 11) is 0. The van der Waals surface area contributed by atoms with E-state index in [1.165, 1.54) is 29.0 Å². The lowest BCUT2D eigenvalue weighted by Gasteiger charge is -2.07. The van der Waals surface area contributed by atoms with Gasteiger partial charge >= 0.3 is 12.1 Å². The van der Waals surface area contributed by atoms with Gasteiger partial charge in [-0.2, -0.15) is 18.3 Å². The number of furan rings is 1. The lowest BCUT2D eigenvalue weighted by atomic mass is 10.1. The number of para-hydroxylation sites is 1. The zero-order valence-corrected chi connectivity index (χ0v) is 15.1. The Balaban J connectivity index is 1.50. The first-order chi connectivity index (χ1) is 14.3. The van der Waals surface area contributed by atoms with Crippen molar-refractivity contribution in [2.45, 2.75) is 12.7 Å². The summed E-state index contributed by atoms with van der Waals surface area (Å²) in [5.41, 5.74) is 0.588. The molecule has 0 fully saturated rings. The van der Waals surface area contributed by atoms with Gasteiger partial charge in [0, 0.05) is 17.8 Å². The molecule has 4 rings (SSSR count). The number of ether oxygens (including phenoxy) is 1. The third kappa shape index (κ3) is 3.95. The molecule has 3 aromatic heterocycles. The molecule has 0 spiro atoms. The highest BCUT2D eigenvalue weighted by atomic mass is 19.4. The number of hydrogen-bond acceptors (Lipinski definition) is 6. The maximum Gasteiger partial charge on any atom is 0.422 e. The van der Waals surface area contributed by atoms with Crippen molar-refractivity contribution in [2.75, 3.05) is 6.61 Å². The van der Waals surface area contributed by atoms with E-state index in [2.05, 4.69) is 20.1 Å². The van der Waals surface area contributed by atoms with Gasteiger partial charge in [0.2, 0.25) is 0 Å². The molecule has 1 aromatic carbocycles. The summed E-state index contributed by atoms with van der Waals surface area (Å²) in [5.74, 6) is -1.28. The molecule has 0 saturated heterocycles. The van der Waals surface area contributed by atoms with Crippen molar-refractivity contribution in [3.63, 3.8) is 0 Å². The molecular formula is C19H13F3N4O4. The van der Waals surface area contributed by atoms with E-state index in [1.54, 1.807) is 24.4 Å². The van der Waals surface area contributed by atoms with Gasteiger partial charge in [-0.25, -0.2) is 14.3 Å². The van der Waals surface area contributed by atoms with Gasteiger partial charge in [0.15, 0.2) is 12.3 Å². The zero-order chi connectivity index (χ0) is 21.3. The van der Waals surface area contributed by atoms with Crippen LogP contribution in [0.15, 0.2) is 53.3 Å². The SMILES string of the molecule is O=C(OCC(F)(F)F)c1cccc2cc(CNC(=O)c3cnn4cccnc34)oc12. The first-order valence-electron chi connectivity index (χ1n) is 8.64. The van der Waals surface area contributed by atoms with Crippen molar-refractivity contribution in [3.05, 3.63) is 65.8 Å². The van der Waals surface area contributed by atoms with Crippen LogP contribution < -0.4 is 5.32 Å². The van der Waals surface area contributed by atoms with Crippen molar-refractivity contribution in [1.29, 1.82) is 0 Å². The van der Waals surface area contributed by atoms with E-state index in [-0.39, 0.29) is 23.3 Å². The molecule has 0 aliphatic heterocycles.